The van der Waals surface area contributed by atoms with Gasteiger partial charge in [-0.25, -0.2) is 37.8 Å². The van der Waals surface area contributed by atoms with Gasteiger partial charge in [0.15, 0.2) is 0 Å². The van der Waals surface area contributed by atoms with Crippen molar-refractivity contribution in [1.29, 1.82) is 0 Å². The van der Waals surface area contributed by atoms with Crippen molar-refractivity contribution in [3.63, 3.8) is 0 Å². The topological polar surface area (TPSA) is 140 Å². The van der Waals surface area contributed by atoms with Crippen LogP contribution in [0.15, 0.2) is 356 Å². The molecule has 0 spiro atoms. The predicted octanol–water partition coefficient (Wildman–Crippen LogP) is 27.8. The molecule has 0 unspecified atom stereocenters. The van der Waals surface area contributed by atoms with E-state index in [0.717, 1.165) is 141 Å². The first-order valence-electron chi connectivity index (χ1n) is 52.6. The quantitative estimate of drug-likeness (QED) is 0.0948. The van der Waals surface area contributed by atoms with E-state index in [0.29, 0.717) is 50.9 Å². The summed E-state index contributed by atoms with van der Waals surface area (Å²) in [5, 5.41) is 5.08. The molecule has 5 aliphatic rings. The summed E-state index contributed by atoms with van der Waals surface area (Å²) in [4.78, 5) is 24.9. The van der Waals surface area contributed by atoms with E-state index < -0.39 is 13.7 Å². The first-order valence-corrected chi connectivity index (χ1v) is 49.6. The van der Waals surface area contributed by atoms with Crippen molar-refractivity contribution < 1.29 is 53.1 Å². The molecule has 0 amide bonds. The van der Waals surface area contributed by atoms with E-state index in [2.05, 4.69) is 342 Å². The van der Waals surface area contributed by atoms with Gasteiger partial charge in [-0.15, -0.1) is 0 Å². The van der Waals surface area contributed by atoms with E-state index in [1.54, 1.807) is 6.20 Å². The van der Waals surface area contributed by atoms with Gasteiger partial charge in [0, 0.05) is 77.5 Å². The lowest BCUT2D eigenvalue weighted by molar-refractivity contribution is -0.658. The normalized spacial score (nSPS) is 14.2. The zero-order valence-corrected chi connectivity index (χ0v) is 85.2. The highest BCUT2D eigenvalue weighted by molar-refractivity contribution is 6.72. The fourth-order valence-corrected chi connectivity index (χ4v) is 21.1. The number of fused-ring (bicyclic) bond motifs is 15. The minimum absolute atomic E-state index is 0.0431. The molecule has 18 heterocycles. The number of para-hydroxylation sites is 2. The second-order valence-corrected chi connectivity index (χ2v) is 38.7. The maximum atomic E-state index is 8.12. The minimum atomic E-state index is -2.23. The fourth-order valence-electron chi connectivity index (χ4n) is 21.1. The van der Waals surface area contributed by atoms with Crippen molar-refractivity contribution in [3.05, 3.63) is 401 Å². The Morgan fingerprint density at radius 2 is 0.607 bits per heavy atom. The summed E-state index contributed by atoms with van der Waals surface area (Å²) in [6.45, 7) is 23.4. The number of nitrogens with zero attached hydrogens (tertiary/aromatic N) is 13. The summed E-state index contributed by atoms with van der Waals surface area (Å²) >= 11 is 0. The molecule has 0 fully saturated rings. The summed E-state index contributed by atoms with van der Waals surface area (Å²) < 4.78 is 90.6. The Labute approximate surface area is 858 Å². The van der Waals surface area contributed by atoms with Crippen LogP contribution in [0.5, 0.6) is 0 Å². The molecule has 0 N–H and O–H groups in total. The standard InChI is InChI=1S/2C25H25BN3O.C24H23BN3O.2C24H22BN2O/c1-16-14-26(4)29(25-23(16)20-12-11-18(3)27-24(20)30-25)22-13-21(17(2)15-28(22)5)19-9-7-6-8-10-19;1-16-13-22(28(5)15-21(16)19-9-7-6-8-10-19)29-25-23(17(2)14-26(29)4)20-12-11-18(3)27-24(20)30-25;1-16-14-22(27(4)15-21(16)18-8-6-5-7-9-18)28-24-20(12-13-25(28)3)19-11-10-17(2)26-23(19)29-24;1-17-16-25(2)27(24-23(17)20-11-7-8-12-21(20)28-24)22-15-19(13-14-26(22)3)18-9-5-4-6-10-18;1-17-16-26(3)23(15-21(17)18-9-5-4-6-10-18)27-24-20(13-14-25(27)2)19-11-7-8-12-22(19)28-24/h2*6-15H,1-5H3;5-15H,1-4H3;2*4-16H,1-3H3/q5*+1/i;;;2*1D3. The molecule has 18 nitrogen and oxygen atoms in total. The highest BCUT2D eigenvalue weighted by Crippen LogP contribution is 2.50. The van der Waals surface area contributed by atoms with Crippen LogP contribution in [-0.2, 0) is 35.2 Å². The van der Waals surface area contributed by atoms with E-state index in [4.69, 9.17) is 30.3 Å². The van der Waals surface area contributed by atoms with Crippen LogP contribution in [0.2, 0.25) is 34.1 Å². The monoisotopic (exact) mass is 1910 g/mol. The number of aromatic nitrogens is 8. The van der Waals surface area contributed by atoms with Crippen molar-refractivity contribution >= 4 is 177 Å². The molecule has 0 aliphatic carbocycles. The lowest BCUT2D eigenvalue weighted by Gasteiger charge is -2.25. The Morgan fingerprint density at radius 1 is 0.269 bits per heavy atom. The summed E-state index contributed by atoms with van der Waals surface area (Å²) in [7, 11) is 10.2. The average molecular weight is 1910 g/mol. The smallest absolute Gasteiger partial charge is 0.406 e. The highest BCUT2D eigenvalue weighted by atomic mass is 16.4. The molecule has 710 valence electrons. The van der Waals surface area contributed by atoms with Gasteiger partial charge >= 0.3 is 34.2 Å². The molecular formula is C122H117B5N13O5+5. The molecule has 25 rings (SSSR count). The molecule has 20 aromatic rings. The average Bonchev–Trinajstić information content (AvgIpc) is 1.59. The number of furan rings is 5. The van der Waals surface area contributed by atoms with Gasteiger partial charge in [0.2, 0.25) is 17.1 Å². The molecule has 5 aliphatic heterocycles. The van der Waals surface area contributed by atoms with Crippen molar-refractivity contribution in [2.24, 2.45) is 35.2 Å². The first kappa shape index (κ1) is 87.5. The second-order valence-electron chi connectivity index (χ2n) is 38.7. The van der Waals surface area contributed by atoms with Gasteiger partial charge in [0.05, 0.1) is 110 Å². The molecule has 145 heavy (non-hydrogen) atoms. The lowest BCUT2D eigenvalue weighted by atomic mass is 9.59. The Hall–Kier alpha value is -16.5. The van der Waals surface area contributed by atoms with Crippen LogP contribution in [0.4, 0.5) is 58.5 Å². The number of rotatable bonds is 10. The third-order valence-electron chi connectivity index (χ3n) is 28.3. The van der Waals surface area contributed by atoms with Crippen molar-refractivity contribution in [2.45, 2.75) is 103 Å². The van der Waals surface area contributed by atoms with Crippen molar-refractivity contribution in [1.82, 2.24) is 15.0 Å². The van der Waals surface area contributed by atoms with Gasteiger partial charge in [0.25, 0.3) is 58.5 Å². The van der Waals surface area contributed by atoms with Gasteiger partial charge in [-0.2, -0.15) is 0 Å². The Kier molecular flexibility index (Phi) is 23.6. The summed E-state index contributed by atoms with van der Waals surface area (Å²) in [5.41, 5.74) is 29.6. The van der Waals surface area contributed by atoms with Gasteiger partial charge < -0.3 is 22.1 Å². The van der Waals surface area contributed by atoms with E-state index in [9.17, 15) is 0 Å². The maximum Gasteiger partial charge on any atom is 0.406 e. The van der Waals surface area contributed by atoms with Crippen LogP contribution >= 0.6 is 0 Å². The van der Waals surface area contributed by atoms with Gasteiger partial charge in [-0.05, 0) is 241 Å². The summed E-state index contributed by atoms with van der Waals surface area (Å²) in [5.74, 6) is 19.8. The zero-order valence-electron chi connectivity index (χ0n) is 91.2. The number of hydrogen-bond donors (Lipinski definition) is 0. The molecule has 13 aromatic heterocycles. The fraction of sp³-hybridized carbons (Fsp3) is 0.164. The molecule has 7 aromatic carbocycles. The van der Waals surface area contributed by atoms with Crippen LogP contribution in [0.25, 0.3) is 140 Å². The van der Waals surface area contributed by atoms with Crippen LogP contribution in [0.1, 0.15) is 96.1 Å². The van der Waals surface area contributed by atoms with E-state index in [-0.39, 0.29) is 34.2 Å². The molecule has 0 radical (unpaired) electrons. The first-order chi connectivity index (χ1) is 72.6. The number of anilines is 10. The van der Waals surface area contributed by atoms with Crippen LogP contribution in [-0.4, -0.2) is 49.2 Å². The van der Waals surface area contributed by atoms with E-state index in [1.807, 2.05) is 184 Å². The van der Waals surface area contributed by atoms with E-state index >= 15 is 0 Å². The summed E-state index contributed by atoms with van der Waals surface area (Å²) in [6.07, 6.45) is 14.6. The SMILES string of the molecule is CB1C=C(C)c2c(oc3nc(C)ccc23)N1c1cc(-c2ccccc2)c(C)c[n+]1C.CB1C=C(C)c2c(oc3nc(C)ccc23)N1c1cc(C)c(-c2ccccc2)c[n+]1C.CB1C=Cc2c(oc3nc(C)ccc23)N1c1cc(C)c(-c2ccccc2)c[n+]1C.[2H]C([2H])([2H])C1=CB(C)N(c2cc(-c3ccccc3)cc[n+]2C)c2oc3ccccc3c21.[2H]C([2H])([2H])c1c[n+](C)c(N2B(C)C=Cc3c2oc2ccccc32)cc1-c1ccccc1. The van der Waals surface area contributed by atoms with Gasteiger partial charge in [-0.3, -0.25) is 24.1 Å². The lowest BCUT2D eigenvalue weighted by Crippen LogP contribution is -2.44. The van der Waals surface area contributed by atoms with Crippen LogP contribution < -0.4 is 46.9 Å². The molecular weight excluding hydrogens is 1780 g/mol. The number of aryl methyl sites for hydroxylation is 12. The maximum absolute atomic E-state index is 8.12. The number of hydrogen-bond acceptors (Lipinski definition) is 13. The Morgan fingerprint density at radius 3 is 1.08 bits per heavy atom. The zero-order chi connectivity index (χ0) is 106. The van der Waals surface area contributed by atoms with Gasteiger partial charge in [-0.1, -0.05) is 230 Å². The summed E-state index contributed by atoms with van der Waals surface area (Å²) in [6, 6.07) is 92.5. The third kappa shape index (κ3) is 17.8. The van der Waals surface area contributed by atoms with Crippen LogP contribution in [0, 0.1) is 48.4 Å². The molecule has 0 bridgehead atoms. The molecule has 23 heteroatoms. The molecule has 0 saturated carbocycles. The van der Waals surface area contributed by atoms with E-state index in [1.165, 1.54) is 61.2 Å². The minimum Gasteiger partial charge on any atom is -0.423 e. The number of benzene rings is 7. The predicted molar refractivity (Wildman–Crippen MR) is 601 cm³/mol. The molecule has 0 atom stereocenters. The highest BCUT2D eigenvalue weighted by Gasteiger charge is 2.46. The van der Waals surface area contributed by atoms with Gasteiger partial charge in [0.1, 0.15) is 11.2 Å². The third-order valence-corrected chi connectivity index (χ3v) is 28.3. The largest absolute Gasteiger partial charge is 0.423 e. The number of allylic oxidation sites excluding steroid dienone is 3. The van der Waals surface area contributed by atoms with Crippen molar-refractivity contribution in [3.8, 4) is 55.6 Å². The van der Waals surface area contributed by atoms with Crippen molar-refractivity contribution in [2.75, 3.05) is 24.1 Å². The Bertz CT molecular complexity index is 8870. The second kappa shape index (κ2) is 39.1. The number of pyridine rings is 8. The molecule has 0 saturated heterocycles. The van der Waals surface area contributed by atoms with Crippen LogP contribution in [0.3, 0.4) is 0 Å². The Balaban J connectivity index is 0.000000110.